The predicted molar refractivity (Wildman–Crippen MR) is 75.1 cm³/mol. The third kappa shape index (κ3) is 3.09. The number of nitrogens with zero attached hydrogens (tertiary/aromatic N) is 1. The summed E-state index contributed by atoms with van der Waals surface area (Å²) in [6.45, 7) is 5.36. The van der Waals surface area contributed by atoms with Crippen molar-refractivity contribution in [2.24, 2.45) is 5.73 Å². The van der Waals surface area contributed by atoms with Crippen molar-refractivity contribution < 1.29 is 4.74 Å². The molecule has 1 heterocycles. The van der Waals surface area contributed by atoms with Gasteiger partial charge in [-0.05, 0) is 25.0 Å². The number of ether oxygens (including phenoxy) is 1. The fourth-order valence-electron chi connectivity index (χ4n) is 1.83. The van der Waals surface area contributed by atoms with E-state index < -0.39 is 0 Å². The van der Waals surface area contributed by atoms with E-state index in [1.165, 1.54) is 11.1 Å². The van der Waals surface area contributed by atoms with Gasteiger partial charge in [-0.2, -0.15) is 0 Å². The predicted octanol–water partition coefficient (Wildman–Crippen LogP) is 2.84. The van der Waals surface area contributed by atoms with Crippen molar-refractivity contribution in [3.8, 4) is 5.75 Å². The molecule has 0 saturated heterocycles. The molecule has 0 fully saturated rings. The fourth-order valence-corrected chi connectivity index (χ4v) is 2.61. The van der Waals surface area contributed by atoms with Gasteiger partial charge in [-0.3, -0.25) is 0 Å². The highest BCUT2D eigenvalue weighted by molar-refractivity contribution is 7.11. The Morgan fingerprint density at radius 1 is 1.28 bits per heavy atom. The third-order valence-corrected chi connectivity index (χ3v) is 3.85. The molecule has 0 aliphatic rings. The Hall–Kier alpha value is -1.39. The molecule has 2 rings (SSSR count). The summed E-state index contributed by atoms with van der Waals surface area (Å²) in [6, 6.07) is 6.18. The van der Waals surface area contributed by atoms with E-state index in [9.17, 15) is 0 Å². The molecule has 0 amide bonds. The van der Waals surface area contributed by atoms with Crippen LogP contribution in [0.2, 0.25) is 0 Å². The molecular formula is C14H18N2OS. The number of hydrogen-bond acceptors (Lipinski definition) is 4. The van der Waals surface area contributed by atoms with Gasteiger partial charge in [0, 0.05) is 24.0 Å². The average molecular weight is 262 g/mol. The van der Waals surface area contributed by atoms with Gasteiger partial charge in [0.05, 0.1) is 11.6 Å². The lowest BCUT2D eigenvalue weighted by molar-refractivity contribution is 0.317. The summed E-state index contributed by atoms with van der Waals surface area (Å²) in [5.74, 6) is 0.994. The molecule has 4 heteroatoms. The van der Waals surface area contributed by atoms with Crippen LogP contribution in [0.5, 0.6) is 5.75 Å². The lowest BCUT2D eigenvalue weighted by Crippen LogP contribution is -2.03. The van der Waals surface area contributed by atoms with Crippen LogP contribution in [0.1, 0.15) is 21.0 Å². The van der Waals surface area contributed by atoms with E-state index >= 15 is 0 Å². The standard InChI is InChI=1S/C14H18N2OS/c1-10-4-3-5-11(2)14(10)17-7-6-13-16-9-12(8-15)18-13/h3-5,9H,6-8,15H2,1-2H3. The van der Waals surface area contributed by atoms with Crippen molar-refractivity contribution in [3.63, 3.8) is 0 Å². The maximum Gasteiger partial charge on any atom is 0.125 e. The van der Waals surface area contributed by atoms with Gasteiger partial charge in [0.25, 0.3) is 0 Å². The van der Waals surface area contributed by atoms with Crippen molar-refractivity contribution in [3.05, 3.63) is 45.4 Å². The zero-order chi connectivity index (χ0) is 13.0. The number of nitrogens with two attached hydrogens (primary N) is 1. The molecule has 0 spiro atoms. The van der Waals surface area contributed by atoms with Crippen LogP contribution >= 0.6 is 11.3 Å². The summed E-state index contributed by atoms with van der Waals surface area (Å²) in [5, 5.41) is 1.08. The second-order valence-electron chi connectivity index (χ2n) is 4.24. The van der Waals surface area contributed by atoms with Crippen LogP contribution < -0.4 is 10.5 Å². The SMILES string of the molecule is Cc1cccc(C)c1OCCc1ncc(CN)s1. The van der Waals surface area contributed by atoms with Crippen molar-refractivity contribution in [2.45, 2.75) is 26.8 Å². The number of para-hydroxylation sites is 1. The molecule has 2 aromatic rings. The zero-order valence-corrected chi connectivity index (χ0v) is 11.6. The van der Waals surface area contributed by atoms with Gasteiger partial charge in [-0.15, -0.1) is 11.3 Å². The number of rotatable bonds is 5. The fraction of sp³-hybridized carbons (Fsp3) is 0.357. The van der Waals surface area contributed by atoms with E-state index in [2.05, 4.69) is 31.0 Å². The highest BCUT2D eigenvalue weighted by Crippen LogP contribution is 2.22. The second kappa shape index (κ2) is 5.98. The molecule has 0 radical (unpaired) electrons. The zero-order valence-electron chi connectivity index (χ0n) is 10.8. The summed E-state index contributed by atoms with van der Waals surface area (Å²) in [6.07, 6.45) is 2.68. The van der Waals surface area contributed by atoms with Gasteiger partial charge < -0.3 is 10.5 Å². The first kappa shape index (κ1) is 13.1. The molecule has 1 aromatic carbocycles. The Bertz CT molecular complexity index is 502. The minimum Gasteiger partial charge on any atom is -0.493 e. The number of aromatic nitrogens is 1. The molecule has 0 aliphatic heterocycles. The molecule has 0 saturated carbocycles. The largest absolute Gasteiger partial charge is 0.493 e. The van der Waals surface area contributed by atoms with Crippen LogP contribution in [0.25, 0.3) is 0 Å². The summed E-state index contributed by atoms with van der Waals surface area (Å²) in [7, 11) is 0. The minimum absolute atomic E-state index is 0.565. The summed E-state index contributed by atoms with van der Waals surface area (Å²) in [4.78, 5) is 5.44. The van der Waals surface area contributed by atoms with E-state index in [0.717, 1.165) is 22.1 Å². The maximum absolute atomic E-state index is 5.85. The van der Waals surface area contributed by atoms with Crippen molar-refractivity contribution in [1.29, 1.82) is 0 Å². The van der Waals surface area contributed by atoms with E-state index in [-0.39, 0.29) is 0 Å². The monoisotopic (exact) mass is 262 g/mol. The van der Waals surface area contributed by atoms with Crippen molar-refractivity contribution in [2.75, 3.05) is 6.61 Å². The Balaban J connectivity index is 1.92. The van der Waals surface area contributed by atoms with E-state index in [0.29, 0.717) is 13.2 Å². The quantitative estimate of drug-likeness (QED) is 0.901. The second-order valence-corrected chi connectivity index (χ2v) is 5.44. The summed E-state index contributed by atoms with van der Waals surface area (Å²) >= 11 is 1.66. The number of thiazole rings is 1. The average Bonchev–Trinajstić information content (AvgIpc) is 2.81. The van der Waals surface area contributed by atoms with Crippen LogP contribution in [0.15, 0.2) is 24.4 Å². The maximum atomic E-state index is 5.85. The van der Waals surface area contributed by atoms with Gasteiger partial charge in [-0.1, -0.05) is 18.2 Å². The van der Waals surface area contributed by atoms with Gasteiger partial charge >= 0.3 is 0 Å². The molecule has 18 heavy (non-hydrogen) atoms. The van der Waals surface area contributed by atoms with Crippen molar-refractivity contribution >= 4 is 11.3 Å². The first-order valence-electron chi connectivity index (χ1n) is 6.03. The Morgan fingerprint density at radius 3 is 2.61 bits per heavy atom. The smallest absolute Gasteiger partial charge is 0.125 e. The normalized spacial score (nSPS) is 10.6. The molecule has 1 aromatic heterocycles. The highest BCUT2D eigenvalue weighted by atomic mass is 32.1. The molecule has 0 bridgehead atoms. The number of hydrogen-bond donors (Lipinski definition) is 1. The topological polar surface area (TPSA) is 48.1 Å². The van der Waals surface area contributed by atoms with E-state index in [1.54, 1.807) is 11.3 Å². The number of aryl methyl sites for hydroxylation is 2. The molecule has 3 nitrogen and oxygen atoms in total. The molecule has 96 valence electrons. The van der Waals surface area contributed by atoms with E-state index in [4.69, 9.17) is 10.5 Å². The lowest BCUT2D eigenvalue weighted by Gasteiger charge is -2.10. The first-order valence-corrected chi connectivity index (χ1v) is 6.85. The van der Waals surface area contributed by atoms with Crippen LogP contribution in [0.3, 0.4) is 0 Å². The van der Waals surface area contributed by atoms with Gasteiger partial charge in [0.1, 0.15) is 5.75 Å². The van der Waals surface area contributed by atoms with Crippen molar-refractivity contribution in [1.82, 2.24) is 4.98 Å². The van der Waals surface area contributed by atoms with E-state index in [1.807, 2.05) is 12.3 Å². The van der Waals surface area contributed by atoms with Crippen LogP contribution in [-0.2, 0) is 13.0 Å². The lowest BCUT2D eigenvalue weighted by atomic mass is 10.1. The third-order valence-electron chi connectivity index (χ3n) is 2.77. The summed E-state index contributed by atoms with van der Waals surface area (Å²) in [5.41, 5.74) is 7.92. The minimum atomic E-state index is 0.565. The summed E-state index contributed by atoms with van der Waals surface area (Å²) < 4.78 is 5.85. The van der Waals surface area contributed by atoms with Crippen LogP contribution in [0, 0.1) is 13.8 Å². The van der Waals surface area contributed by atoms with Crippen LogP contribution in [-0.4, -0.2) is 11.6 Å². The number of benzene rings is 1. The Labute approximate surface area is 112 Å². The molecular weight excluding hydrogens is 244 g/mol. The molecule has 0 aliphatic carbocycles. The Morgan fingerprint density at radius 2 is 2.00 bits per heavy atom. The first-order chi connectivity index (χ1) is 8.70. The van der Waals surface area contributed by atoms with Gasteiger partial charge in [0.2, 0.25) is 0 Å². The molecule has 0 unspecified atom stereocenters. The molecule has 2 N–H and O–H groups in total. The Kier molecular flexibility index (Phi) is 4.33. The van der Waals surface area contributed by atoms with Gasteiger partial charge in [-0.25, -0.2) is 4.98 Å². The van der Waals surface area contributed by atoms with Crippen LogP contribution in [0.4, 0.5) is 0 Å². The van der Waals surface area contributed by atoms with Gasteiger partial charge in [0.15, 0.2) is 0 Å². The molecule has 0 atom stereocenters. The highest BCUT2D eigenvalue weighted by Gasteiger charge is 2.05.